The zero-order chi connectivity index (χ0) is 14.3. The van der Waals surface area contributed by atoms with Gasteiger partial charge < -0.3 is 4.74 Å². The van der Waals surface area contributed by atoms with E-state index in [0.29, 0.717) is 12.6 Å². The van der Waals surface area contributed by atoms with Crippen molar-refractivity contribution in [2.75, 3.05) is 6.54 Å². The van der Waals surface area contributed by atoms with Crippen molar-refractivity contribution in [1.29, 1.82) is 0 Å². The molecule has 4 nitrogen and oxygen atoms in total. The molecule has 0 saturated heterocycles. The van der Waals surface area contributed by atoms with Crippen molar-refractivity contribution >= 4 is 6.08 Å². The minimum Gasteiger partial charge on any atom is -0.472 e. The standard InChI is InChI=1S/C12H13F3N2O2/c1-2-3-10(7-16-8-18)19-11-5-4-9(6-17-11)12(13,14)15/h4-6,10H,2-3,7H2,1H3. The van der Waals surface area contributed by atoms with Gasteiger partial charge in [0, 0.05) is 12.3 Å². The highest BCUT2D eigenvalue weighted by Crippen LogP contribution is 2.29. The van der Waals surface area contributed by atoms with Gasteiger partial charge in [0.05, 0.1) is 12.1 Å². The van der Waals surface area contributed by atoms with Gasteiger partial charge in [-0.3, -0.25) is 0 Å². The van der Waals surface area contributed by atoms with E-state index in [1.807, 2.05) is 6.92 Å². The maximum atomic E-state index is 12.3. The number of aromatic nitrogens is 1. The monoisotopic (exact) mass is 274 g/mol. The molecule has 0 aliphatic carbocycles. The smallest absolute Gasteiger partial charge is 0.417 e. The summed E-state index contributed by atoms with van der Waals surface area (Å²) in [5.74, 6) is 0.0764. The number of aliphatic imine (C=N–C) groups is 1. The molecule has 0 saturated carbocycles. The van der Waals surface area contributed by atoms with E-state index < -0.39 is 17.8 Å². The minimum absolute atomic E-state index is 0.0764. The van der Waals surface area contributed by atoms with Crippen LogP contribution in [0, 0.1) is 0 Å². The van der Waals surface area contributed by atoms with Gasteiger partial charge in [-0.05, 0) is 12.5 Å². The first-order chi connectivity index (χ1) is 8.97. The number of hydrogen-bond donors (Lipinski definition) is 0. The number of isocyanates is 1. The van der Waals surface area contributed by atoms with Crippen LogP contribution in [0.4, 0.5) is 13.2 Å². The fourth-order valence-electron chi connectivity index (χ4n) is 1.44. The van der Waals surface area contributed by atoms with Gasteiger partial charge in [0.15, 0.2) is 0 Å². The van der Waals surface area contributed by atoms with Crippen LogP contribution in [0.1, 0.15) is 25.3 Å². The van der Waals surface area contributed by atoms with Crippen molar-refractivity contribution in [3.8, 4) is 5.88 Å². The number of pyridine rings is 1. The number of ether oxygens (including phenoxy) is 1. The van der Waals surface area contributed by atoms with E-state index >= 15 is 0 Å². The Morgan fingerprint density at radius 2 is 2.21 bits per heavy atom. The number of nitrogens with zero attached hydrogens (tertiary/aromatic N) is 2. The van der Waals surface area contributed by atoms with Crippen LogP contribution in [-0.4, -0.2) is 23.7 Å². The summed E-state index contributed by atoms with van der Waals surface area (Å²) in [5.41, 5.74) is -0.835. The number of rotatable bonds is 6. The van der Waals surface area contributed by atoms with E-state index in [1.165, 1.54) is 6.08 Å². The largest absolute Gasteiger partial charge is 0.472 e. The van der Waals surface area contributed by atoms with Crippen LogP contribution >= 0.6 is 0 Å². The summed E-state index contributed by atoms with van der Waals surface area (Å²) < 4.78 is 42.4. The summed E-state index contributed by atoms with van der Waals surface area (Å²) in [4.78, 5) is 17.0. The molecule has 0 amide bonds. The number of alkyl halides is 3. The van der Waals surface area contributed by atoms with Crippen molar-refractivity contribution in [2.24, 2.45) is 4.99 Å². The predicted molar refractivity (Wildman–Crippen MR) is 61.6 cm³/mol. The number of carbonyl (C=O) groups excluding carboxylic acids is 1. The summed E-state index contributed by atoms with van der Waals surface area (Å²) in [6.45, 7) is 2.03. The number of halogens is 3. The molecule has 0 aliphatic heterocycles. The van der Waals surface area contributed by atoms with Crippen LogP contribution in [0.3, 0.4) is 0 Å². The second-order valence-electron chi connectivity index (χ2n) is 3.84. The van der Waals surface area contributed by atoms with Gasteiger partial charge in [0.1, 0.15) is 6.10 Å². The summed E-state index contributed by atoms with van der Waals surface area (Å²) in [7, 11) is 0. The van der Waals surface area contributed by atoms with Crippen molar-refractivity contribution in [3.05, 3.63) is 23.9 Å². The van der Waals surface area contributed by atoms with Gasteiger partial charge >= 0.3 is 6.18 Å². The molecule has 19 heavy (non-hydrogen) atoms. The molecule has 1 rings (SSSR count). The molecule has 0 spiro atoms. The van der Waals surface area contributed by atoms with Crippen molar-refractivity contribution < 1.29 is 22.7 Å². The molecule has 7 heteroatoms. The van der Waals surface area contributed by atoms with Gasteiger partial charge in [-0.15, -0.1) is 0 Å². The average molecular weight is 274 g/mol. The second kappa shape index (κ2) is 6.89. The fraction of sp³-hybridized carbons (Fsp3) is 0.500. The summed E-state index contributed by atoms with van der Waals surface area (Å²) >= 11 is 0. The molecule has 0 aliphatic rings. The molecular weight excluding hydrogens is 261 g/mol. The third kappa shape index (κ3) is 5.09. The van der Waals surface area contributed by atoms with Crippen molar-refractivity contribution in [3.63, 3.8) is 0 Å². The lowest BCUT2D eigenvalue weighted by Crippen LogP contribution is -2.20. The first-order valence-corrected chi connectivity index (χ1v) is 5.71. The zero-order valence-corrected chi connectivity index (χ0v) is 10.3. The highest BCUT2D eigenvalue weighted by atomic mass is 19.4. The first-order valence-electron chi connectivity index (χ1n) is 5.71. The molecule has 0 radical (unpaired) electrons. The summed E-state index contributed by atoms with van der Waals surface area (Å²) in [5, 5.41) is 0. The lowest BCUT2D eigenvalue weighted by molar-refractivity contribution is -0.137. The van der Waals surface area contributed by atoms with E-state index in [4.69, 9.17) is 4.74 Å². The molecule has 1 aromatic rings. The molecule has 0 aromatic carbocycles. The maximum absolute atomic E-state index is 12.3. The highest BCUT2D eigenvalue weighted by Gasteiger charge is 2.30. The Bertz CT molecular complexity index is 439. The van der Waals surface area contributed by atoms with Crippen LogP contribution in [0.25, 0.3) is 0 Å². The fourth-order valence-corrected chi connectivity index (χ4v) is 1.44. The average Bonchev–Trinajstić information content (AvgIpc) is 2.36. The Hall–Kier alpha value is -1.88. The molecule has 0 bridgehead atoms. The zero-order valence-electron chi connectivity index (χ0n) is 10.3. The highest BCUT2D eigenvalue weighted by molar-refractivity contribution is 5.32. The van der Waals surface area contributed by atoms with Gasteiger partial charge in [0.25, 0.3) is 0 Å². The lowest BCUT2D eigenvalue weighted by atomic mass is 10.2. The van der Waals surface area contributed by atoms with E-state index in [1.54, 1.807) is 0 Å². The van der Waals surface area contributed by atoms with Crippen molar-refractivity contribution in [2.45, 2.75) is 32.0 Å². The molecule has 1 atom stereocenters. The van der Waals surface area contributed by atoms with Crippen molar-refractivity contribution in [1.82, 2.24) is 4.98 Å². The van der Waals surface area contributed by atoms with Crippen LogP contribution in [-0.2, 0) is 11.0 Å². The van der Waals surface area contributed by atoms with Crippen LogP contribution in [0.5, 0.6) is 5.88 Å². The molecule has 1 unspecified atom stereocenters. The van der Waals surface area contributed by atoms with Gasteiger partial charge in [-0.25, -0.2) is 14.8 Å². The van der Waals surface area contributed by atoms with Gasteiger partial charge in [0.2, 0.25) is 12.0 Å². The lowest BCUT2D eigenvalue weighted by Gasteiger charge is -2.15. The third-order valence-electron chi connectivity index (χ3n) is 2.32. The van der Waals surface area contributed by atoms with E-state index in [0.717, 1.165) is 18.6 Å². The van der Waals surface area contributed by atoms with E-state index in [2.05, 4.69) is 9.98 Å². The predicted octanol–water partition coefficient (Wildman–Crippen LogP) is 2.98. The van der Waals surface area contributed by atoms with Crippen LogP contribution < -0.4 is 4.74 Å². The molecule has 1 heterocycles. The first kappa shape index (κ1) is 15.2. The van der Waals surface area contributed by atoms with E-state index in [9.17, 15) is 18.0 Å². The molecule has 104 valence electrons. The summed E-state index contributed by atoms with van der Waals surface area (Å²) in [6.07, 6.45) is -1.30. The Kier molecular flexibility index (Phi) is 5.51. The molecule has 1 aromatic heterocycles. The molecular formula is C12H13F3N2O2. The second-order valence-corrected chi connectivity index (χ2v) is 3.84. The Labute approximate surface area is 108 Å². The Balaban J connectivity index is 2.71. The third-order valence-corrected chi connectivity index (χ3v) is 2.32. The minimum atomic E-state index is -4.42. The SMILES string of the molecule is CCCC(CN=C=O)Oc1ccc(C(F)(F)F)cn1. The quantitative estimate of drug-likeness (QED) is 0.592. The Morgan fingerprint density at radius 3 is 2.68 bits per heavy atom. The Morgan fingerprint density at radius 1 is 1.47 bits per heavy atom. The van der Waals surface area contributed by atoms with Gasteiger partial charge in [-0.1, -0.05) is 13.3 Å². The molecule has 0 N–H and O–H groups in total. The van der Waals surface area contributed by atoms with Crippen LogP contribution in [0.15, 0.2) is 23.3 Å². The topological polar surface area (TPSA) is 51.5 Å². The van der Waals surface area contributed by atoms with E-state index in [-0.39, 0.29) is 12.4 Å². The normalized spacial score (nSPS) is 12.6. The summed E-state index contributed by atoms with van der Waals surface area (Å²) in [6, 6.07) is 2.05. The van der Waals surface area contributed by atoms with Gasteiger partial charge in [-0.2, -0.15) is 13.2 Å². The number of hydrogen-bond acceptors (Lipinski definition) is 4. The molecule has 0 fully saturated rings. The van der Waals surface area contributed by atoms with Crippen LogP contribution in [0.2, 0.25) is 0 Å². The maximum Gasteiger partial charge on any atom is 0.417 e.